The highest BCUT2D eigenvalue weighted by atomic mass is 35.5. The van der Waals surface area contributed by atoms with Gasteiger partial charge in [-0.3, -0.25) is 0 Å². The Balaban J connectivity index is 1.81. The second kappa shape index (κ2) is 5.20. The van der Waals surface area contributed by atoms with Gasteiger partial charge in [0, 0.05) is 19.1 Å². The fraction of sp³-hybridized carbons (Fsp3) is 0.417. The van der Waals surface area contributed by atoms with Gasteiger partial charge in [-0.05, 0) is 31.0 Å². The summed E-state index contributed by atoms with van der Waals surface area (Å²) in [7, 11) is 0. The smallest absolute Gasteiger partial charge is 0.0992 e. The molecule has 1 aliphatic carbocycles. The Kier molecular flexibility index (Phi) is 3.66. The Morgan fingerprint density at radius 3 is 2.81 bits per heavy atom. The van der Waals surface area contributed by atoms with Gasteiger partial charge in [-0.25, -0.2) is 0 Å². The molecular formula is C12H14ClN3. The van der Waals surface area contributed by atoms with Gasteiger partial charge in [0.15, 0.2) is 0 Å². The van der Waals surface area contributed by atoms with Crippen LogP contribution in [0.15, 0.2) is 18.2 Å². The first kappa shape index (κ1) is 11.3. The number of nitrogens with one attached hydrogen (secondary N) is 2. The number of halogens is 1. The lowest BCUT2D eigenvalue weighted by atomic mass is 10.2. The van der Waals surface area contributed by atoms with Gasteiger partial charge in [0.05, 0.1) is 22.3 Å². The summed E-state index contributed by atoms with van der Waals surface area (Å²) in [4.78, 5) is 0. The number of rotatable bonds is 5. The zero-order valence-electron chi connectivity index (χ0n) is 8.96. The van der Waals surface area contributed by atoms with Crippen molar-refractivity contribution in [2.75, 3.05) is 18.4 Å². The van der Waals surface area contributed by atoms with Gasteiger partial charge >= 0.3 is 0 Å². The highest BCUT2D eigenvalue weighted by Crippen LogP contribution is 2.22. The maximum absolute atomic E-state index is 8.70. The van der Waals surface area contributed by atoms with Crippen LogP contribution in [-0.2, 0) is 0 Å². The molecule has 84 valence electrons. The van der Waals surface area contributed by atoms with E-state index >= 15 is 0 Å². The molecule has 0 atom stereocenters. The molecule has 0 spiro atoms. The van der Waals surface area contributed by atoms with Crippen molar-refractivity contribution in [2.45, 2.75) is 18.9 Å². The van der Waals surface area contributed by atoms with Crippen molar-refractivity contribution in [3.8, 4) is 6.07 Å². The van der Waals surface area contributed by atoms with Gasteiger partial charge in [0.2, 0.25) is 0 Å². The van der Waals surface area contributed by atoms with Crippen LogP contribution in [0, 0.1) is 11.3 Å². The monoisotopic (exact) mass is 235 g/mol. The summed E-state index contributed by atoms with van der Waals surface area (Å²) in [6, 6.07) is 8.09. The molecule has 1 saturated carbocycles. The average Bonchev–Trinajstić information content (AvgIpc) is 3.10. The first-order valence-corrected chi connectivity index (χ1v) is 5.84. The zero-order chi connectivity index (χ0) is 11.4. The molecular weight excluding hydrogens is 222 g/mol. The van der Waals surface area contributed by atoms with Crippen LogP contribution in [0.2, 0.25) is 5.02 Å². The molecule has 0 radical (unpaired) electrons. The number of nitriles is 1. The molecule has 0 unspecified atom stereocenters. The molecule has 1 fully saturated rings. The van der Waals surface area contributed by atoms with Crippen molar-refractivity contribution in [3.63, 3.8) is 0 Å². The van der Waals surface area contributed by atoms with Crippen LogP contribution >= 0.6 is 11.6 Å². The van der Waals surface area contributed by atoms with Crippen molar-refractivity contribution >= 4 is 17.3 Å². The molecule has 1 aromatic rings. The van der Waals surface area contributed by atoms with E-state index in [9.17, 15) is 0 Å². The van der Waals surface area contributed by atoms with Crippen LogP contribution in [0.5, 0.6) is 0 Å². The van der Waals surface area contributed by atoms with Gasteiger partial charge in [-0.1, -0.05) is 11.6 Å². The van der Waals surface area contributed by atoms with E-state index in [1.54, 1.807) is 12.1 Å². The number of anilines is 1. The summed E-state index contributed by atoms with van der Waals surface area (Å²) in [5.74, 6) is 0. The van der Waals surface area contributed by atoms with E-state index in [0.29, 0.717) is 10.6 Å². The largest absolute Gasteiger partial charge is 0.383 e. The summed E-state index contributed by atoms with van der Waals surface area (Å²) in [6.07, 6.45) is 2.61. The molecule has 4 heteroatoms. The minimum atomic E-state index is 0.589. The minimum absolute atomic E-state index is 0.589. The molecule has 3 nitrogen and oxygen atoms in total. The highest BCUT2D eigenvalue weighted by Gasteiger charge is 2.19. The number of hydrogen-bond acceptors (Lipinski definition) is 3. The van der Waals surface area contributed by atoms with Crippen LogP contribution in [0.1, 0.15) is 18.4 Å². The molecule has 2 N–H and O–H groups in total. The third-order valence-electron chi connectivity index (χ3n) is 2.55. The summed E-state index contributed by atoms with van der Waals surface area (Å²) >= 11 is 6.03. The first-order valence-electron chi connectivity index (χ1n) is 5.46. The van der Waals surface area contributed by atoms with E-state index in [-0.39, 0.29) is 0 Å². The van der Waals surface area contributed by atoms with Crippen molar-refractivity contribution in [1.82, 2.24) is 5.32 Å². The SMILES string of the molecule is N#Cc1ccc(NCCNC2CC2)c(Cl)c1. The lowest BCUT2D eigenvalue weighted by Gasteiger charge is -2.08. The van der Waals surface area contributed by atoms with E-state index in [4.69, 9.17) is 16.9 Å². The summed E-state index contributed by atoms with van der Waals surface area (Å²) in [5.41, 5.74) is 1.48. The Morgan fingerprint density at radius 1 is 1.38 bits per heavy atom. The third kappa shape index (κ3) is 3.13. The molecule has 2 rings (SSSR count). The molecule has 0 amide bonds. The number of nitrogens with zero attached hydrogens (tertiary/aromatic N) is 1. The van der Waals surface area contributed by atoms with Gasteiger partial charge in [-0.15, -0.1) is 0 Å². The van der Waals surface area contributed by atoms with Gasteiger partial charge in [0.1, 0.15) is 0 Å². The quantitative estimate of drug-likeness (QED) is 0.771. The molecule has 1 aromatic carbocycles. The summed E-state index contributed by atoms with van der Waals surface area (Å²) in [5, 5.41) is 16.0. The van der Waals surface area contributed by atoms with E-state index in [0.717, 1.165) is 24.8 Å². The average molecular weight is 236 g/mol. The molecule has 0 saturated heterocycles. The minimum Gasteiger partial charge on any atom is -0.383 e. The molecule has 16 heavy (non-hydrogen) atoms. The van der Waals surface area contributed by atoms with Crippen molar-refractivity contribution < 1.29 is 0 Å². The second-order valence-corrected chi connectivity index (χ2v) is 4.37. The second-order valence-electron chi connectivity index (χ2n) is 3.96. The Morgan fingerprint density at radius 2 is 2.19 bits per heavy atom. The maximum atomic E-state index is 8.70. The molecule has 0 heterocycles. The van der Waals surface area contributed by atoms with Crippen molar-refractivity contribution in [1.29, 1.82) is 5.26 Å². The van der Waals surface area contributed by atoms with E-state index in [2.05, 4.69) is 16.7 Å². The lowest BCUT2D eigenvalue weighted by Crippen LogP contribution is -2.23. The van der Waals surface area contributed by atoms with Crippen molar-refractivity contribution in [3.05, 3.63) is 28.8 Å². The molecule has 0 aromatic heterocycles. The topological polar surface area (TPSA) is 47.9 Å². The standard InChI is InChI=1S/C12H14ClN3/c13-11-7-9(8-14)1-4-12(11)16-6-5-15-10-2-3-10/h1,4,7,10,15-16H,2-3,5-6H2. The summed E-state index contributed by atoms with van der Waals surface area (Å²) in [6.45, 7) is 1.79. The van der Waals surface area contributed by atoms with Crippen LogP contribution in [0.4, 0.5) is 5.69 Å². The number of benzene rings is 1. The van der Waals surface area contributed by atoms with Crippen LogP contribution < -0.4 is 10.6 Å². The number of hydrogen-bond donors (Lipinski definition) is 2. The first-order chi connectivity index (χ1) is 7.79. The molecule has 0 bridgehead atoms. The predicted octanol–water partition coefficient (Wildman–Crippen LogP) is 2.38. The fourth-order valence-corrected chi connectivity index (χ4v) is 1.74. The van der Waals surface area contributed by atoms with Crippen LogP contribution in [0.25, 0.3) is 0 Å². The lowest BCUT2D eigenvalue weighted by molar-refractivity contribution is 0.701. The van der Waals surface area contributed by atoms with Crippen molar-refractivity contribution in [2.24, 2.45) is 0 Å². The van der Waals surface area contributed by atoms with Gasteiger partial charge < -0.3 is 10.6 Å². The summed E-state index contributed by atoms with van der Waals surface area (Å²) < 4.78 is 0. The van der Waals surface area contributed by atoms with E-state index < -0.39 is 0 Å². The maximum Gasteiger partial charge on any atom is 0.0992 e. The predicted molar refractivity (Wildman–Crippen MR) is 65.7 cm³/mol. The molecule has 0 aliphatic heterocycles. The Bertz CT molecular complexity index is 407. The highest BCUT2D eigenvalue weighted by molar-refractivity contribution is 6.33. The Labute approximate surface area is 100 Å². The Hall–Kier alpha value is -1.24. The van der Waals surface area contributed by atoms with Gasteiger partial charge in [0.25, 0.3) is 0 Å². The molecule has 1 aliphatic rings. The van der Waals surface area contributed by atoms with E-state index in [1.165, 1.54) is 12.8 Å². The third-order valence-corrected chi connectivity index (χ3v) is 2.86. The fourth-order valence-electron chi connectivity index (χ4n) is 1.49. The van der Waals surface area contributed by atoms with Crippen LogP contribution in [0.3, 0.4) is 0 Å². The zero-order valence-corrected chi connectivity index (χ0v) is 9.72. The van der Waals surface area contributed by atoms with E-state index in [1.807, 2.05) is 6.07 Å². The van der Waals surface area contributed by atoms with Gasteiger partial charge in [-0.2, -0.15) is 5.26 Å². The van der Waals surface area contributed by atoms with Crippen LogP contribution in [-0.4, -0.2) is 19.1 Å². The normalized spacial score (nSPS) is 14.5.